The maximum atomic E-state index is 11.7. The van der Waals surface area contributed by atoms with E-state index in [9.17, 15) is 4.79 Å². The molecule has 3 rings (SSSR count). The van der Waals surface area contributed by atoms with E-state index in [4.69, 9.17) is 15.2 Å². The van der Waals surface area contributed by atoms with Crippen molar-refractivity contribution in [2.75, 3.05) is 17.8 Å². The van der Waals surface area contributed by atoms with E-state index in [0.29, 0.717) is 35.2 Å². The van der Waals surface area contributed by atoms with Crippen LogP contribution >= 0.6 is 12.4 Å². The van der Waals surface area contributed by atoms with E-state index < -0.39 is 0 Å². The molecule has 5 nitrogen and oxygen atoms in total. The summed E-state index contributed by atoms with van der Waals surface area (Å²) >= 11 is 0. The van der Waals surface area contributed by atoms with Gasteiger partial charge >= 0.3 is 0 Å². The van der Waals surface area contributed by atoms with Crippen molar-refractivity contribution < 1.29 is 14.3 Å². The number of hydrogen-bond acceptors (Lipinski definition) is 4. The molecular formula is C12H15ClN2O3. The second kappa shape index (κ2) is 4.94. The van der Waals surface area contributed by atoms with Crippen molar-refractivity contribution in [1.29, 1.82) is 0 Å². The van der Waals surface area contributed by atoms with Gasteiger partial charge in [-0.05, 0) is 18.8 Å². The molecule has 1 aliphatic heterocycles. The zero-order valence-corrected chi connectivity index (χ0v) is 10.6. The van der Waals surface area contributed by atoms with Crippen molar-refractivity contribution in [3.8, 4) is 11.5 Å². The van der Waals surface area contributed by atoms with Crippen LogP contribution in [0.2, 0.25) is 0 Å². The van der Waals surface area contributed by atoms with Gasteiger partial charge in [-0.1, -0.05) is 0 Å². The first-order valence-corrected chi connectivity index (χ1v) is 5.71. The summed E-state index contributed by atoms with van der Waals surface area (Å²) in [6.45, 7) is 0.203. The number of ether oxygens (including phenoxy) is 2. The van der Waals surface area contributed by atoms with Gasteiger partial charge in [-0.25, -0.2) is 0 Å². The minimum Gasteiger partial charge on any atom is -0.454 e. The average Bonchev–Trinajstić information content (AvgIpc) is 2.97. The molecule has 1 saturated carbocycles. The molecule has 0 bridgehead atoms. The van der Waals surface area contributed by atoms with Crippen LogP contribution in [0.3, 0.4) is 0 Å². The fourth-order valence-corrected chi connectivity index (χ4v) is 1.85. The Bertz CT molecular complexity index is 475. The van der Waals surface area contributed by atoms with E-state index in [-0.39, 0.29) is 25.1 Å². The van der Waals surface area contributed by atoms with Crippen molar-refractivity contribution in [3.63, 3.8) is 0 Å². The molecule has 3 N–H and O–H groups in total. The van der Waals surface area contributed by atoms with Gasteiger partial charge in [-0.3, -0.25) is 4.79 Å². The topological polar surface area (TPSA) is 73.6 Å². The highest BCUT2D eigenvalue weighted by Gasteiger charge is 2.25. The number of carbonyl (C=O) groups is 1. The Labute approximate surface area is 111 Å². The second-order valence-electron chi connectivity index (χ2n) is 4.49. The number of carbonyl (C=O) groups excluding carboxylic acids is 1. The lowest BCUT2D eigenvalue weighted by atomic mass is 10.2. The standard InChI is InChI=1S/C12H14N2O3.ClH/c13-8-4-10-11(17-6-16-10)5-9(8)14-12(15)3-7-1-2-7;/h4-5,7H,1-3,6,13H2,(H,14,15);1H. The Balaban J connectivity index is 0.00000120. The third-order valence-corrected chi connectivity index (χ3v) is 2.99. The predicted octanol–water partition coefficient (Wildman–Crippen LogP) is 2.16. The number of nitrogens with one attached hydrogen (secondary N) is 1. The number of nitrogen functional groups attached to an aromatic ring is 1. The van der Waals surface area contributed by atoms with Gasteiger partial charge < -0.3 is 20.5 Å². The fraction of sp³-hybridized carbons (Fsp3) is 0.417. The number of benzene rings is 1. The molecule has 1 aromatic rings. The minimum atomic E-state index is 0. The maximum absolute atomic E-state index is 11.7. The van der Waals surface area contributed by atoms with E-state index in [1.54, 1.807) is 12.1 Å². The van der Waals surface area contributed by atoms with Crippen molar-refractivity contribution in [1.82, 2.24) is 0 Å². The van der Waals surface area contributed by atoms with Crippen LogP contribution in [0.5, 0.6) is 11.5 Å². The van der Waals surface area contributed by atoms with Crippen molar-refractivity contribution in [2.24, 2.45) is 5.92 Å². The first-order chi connectivity index (χ1) is 8.22. The van der Waals surface area contributed by atoms with Crippen molar-refractivity contribution in [2.45, 2.75) is 19.3 Å². The summed E-state index contributed by atoms with van der Waals surface area (Å²) in [5.41, 5.74) is 6.93. The van der Waals surface area contributed by atoms with Crippen LogP contribution in [0, 0.1) is 5.92 Å². The van der Waals surface area contributed by atoms with Gasteiger partial charge in [0.2, 0.25) is 12.7 Å². The summed E-state index contributed by atoms with van der Waals surface area (Å²) in [6.07, 6.45) is 2.89. The third kappa shape index (κ3) is 2.61. The lowest BCUT2D eigenvalue weighted by Crippen LogP contribution is -2.13. The van der Waals surface area contributed by atoms with Crippen LogP contribution < -0.4 is 20.5 Å². The Morgan fingerprint density at radius 1 is 1.33 bits per heavy atom. The summed E-state index contributed by atoms with van der Waals surface area (Å²) < 4.78 is 10.4. The summed E-state index contributed by atoms with van der Waals surface area (Å²) in [7, 11) is 0. The van der Waals surface area contributed by atoms with Crippen LogP contribution in [0.25, 0.3) is 0 Å². The summed E-state index contributed by atoms with van der Waals surface area (Å²) in [5.74, 6) is 1.83. The zero-order chi connectivity index (χ0) is 11.8. The Morgan fingerprint density at radius 3 is 2.67 bits per heavy atom. The molecule has 6 heteroatoms. The summed E-state index contributed by atoms with van der Waals surface area (Å²) in [4.78, 5) is 11.7. The van der Waals surface area contributed by atoms with Crippen molar-refractivity contribution >= 4 is 29.7 Å². The molecule has 1 aromatic carbocycles. The highest BCUT2D eigenvalue weighted by molar-refractivity contribution is 5.94. The molecule has 1 heterocycles. The van der Waals surface area contributed by atoms with Crippen LogP contribution in [-0.2, 0) is 4.79 Å². The van der Waals surface area contributed by atoms with Crippen molar-refractivity contribution in [3.05, 3.63) is 12.1 Å². The quantitative estimate of drug-likeness (QED) is 0.826. The number of fused-ring (bicyclic) bond motifs is 1. The number of anilines is 2. The smallest absolute Gasteiger partial charge is 0.231 e. The average molecular weight is 271 g/mol. The van der Waals surface area contributed by atoms with E-state index >= 15 is 0 Å². The van der Waals surface area contributed by atoms with Crippen LogP contribution in [-0.4, -0.2) is 12.7 Å². The molecule has 0 saturated heterocycles. The molecule has 0 spiro atoms. The molecule has 0 radical (unpaired) electrons. The largest absolute Gasteiger partial charge is 0.454 e. The predicted molar refractivity (Wildman–Crippen MR) is 70.2 cm³/mol. The molecule has 1 fully saturated rings. The van der Waals surface area contributed by atoms with Gasteiger partial charge in [0.1, 0.15) is 0 Å². The summed E-state index contributed by atoms with van der Waals surface area (Å²) in [5, 5.41) is 2.81. The van der Waals surface area contributed by atoms with Gasteiger partial charge in [0.15, 0.2) is 11.5 Å². The van der Waals surface area contributed by atoms with Gasteiger partial charge in [0.25, 0.3) is 0 Å². The Kier molecular flexibility index (Phi) is 3.52. The molecule has 0 unspecified atom stereocenters. The van der Waals surface area contributed by atoms with E-state index in [1.807, 2.05) is 0 Å². The number of nitrogens with two attached hydrogens (primary N) is 1. The zero-order valence-electron chi connectivity index (χ0n) is 9.77. The van der Waals surface area contributed by atoms with Crippen LogP contribution in [0.1, 0.15) is 19.3 Å². The minimum absolute atomic E-state index is 0. The second-order valence-corrected chi connectivity index (χ2v) is 4.49. The first-order valence-electron chi connectivity index (χ1n) is 5.71. The Morgan fingerprint density at radius 2 is 2.00 bits per heavy atom. The Hall–Kier alpha value is -1.62. The molecule has 0 aromatic heterocycles. The molecule has 18 heavy (non-hydrogen) atoms. The van der Waals surface area contributed by atoms with Gasteiger partial charge in [-0.15, -0.1) is 12.4 Å². The number of halogens is 1. The number of hydrogen-bond donors (Lipinski definition) is 2. The SMILES string of the molecule is Cl.Nc1cc2c(cc1NC(=O)CC1CC1)OCO2. The molecule has 1 aliphatic carbocycles. The normalized spacial score (nSPS) is 16.0. The molecular weight excluding hydrogens is 256 g/mol. The summed E-state index contributed by atoms with van der Waals surface area (Å²) in [6, 6.07) is 3.39. The monoisotopic (exact) mass is 270 g/mol. The molecule has 1 amide bonds. The van der Waals surface area contributed by atoms with Gasteiger partial charge in [0, 0.05) is 18.6 Å². The third-order valence-electron chi connectivity index (χ3n) is 2.99. The van der Waals surface area contributed by atoms with Gasteiger partial charge in [0.05, 0.1) is 11.4 Å². The molecule has 98 valence electrons. The number of rotatable bonds is 3. The highest BCUT2D eigenvalue weighted by atomic mass is 35.5. The lowest BCUT2D eigenvalue weighted by molar-refractivity contribution is -0.116. The maximum Gasteiger partial charge on any atom is 0.231 e. The van der Waals surface area contributed by atoms with Crippen LogP contribution in [0.15, 0.2) is 12.1 Å². The molecule has 0 atom stereocenters. The highest BCUT2D eigenvalue weighted by Crippen LogP contribution is 2.39. The molecule has 2 aliphatic rings. The number of amides is 1. The van der Waals surface area contributed by atoms with E-state index in [2.05, 4.69) is 5.32 Å². The van der Waals surface area contributed by atoms with E-state index in [1.165, 1.54) is 0 Å². The fourth-order valence-electron chi connectivity index (χ4n) is 1.85. The lowest BCUT2D eigenvalue weighted by Gasteiger charge is -2.08. The first kappa shape index (κ1) is 12.8. The van der Waals surface area contributed by atoms with E-state index in [0.717, 1.165) is 12.8 Å². The van der Waals surface area contributed by atoms with Crippen LogP contribution in [0.4, 0.5) is 11.4 Å². The van der Waals surface area contributed by atoms with Gasteiger partial charge in [-0.2, -0.15) is 0 Å².